The van der Waals surface area contributed by atoms with Crippen molar-refractivity contribution in [2.24, 2.45) is 0 Å². The van der Waals surface area contributed by atoms with E-state index in [4.69, 9.17) is 4.74 Å². The monoisotopic (exact) mass is 615 g/mol. The van der Waals surface area contributed by atoms with Crippen LogP contribution < -0.4 is 10.9 Å². The van der Waals surface area contributed by atoms with E-state index in [0.717, 1.165) is 23.8 Å². The number of methoxy groups -OCH3 is 1. The van der Waals surface area contributed by atoms with Crippen LogP contribution in [-0.4, -0.2) is 75.7 Å². The number of nitrogens with zero attached hydrogens (tertiary/aromatic N) is 4. The van der Waals surface area contributed by atoms with Crippen molar-refractivity contribution >= 4 is 34.9 Å². The lowest BCUT2D eigenvalue weighted by atomic mass is 10.0. The minimum Gasteiger partial charge on any atom is -0.453 e. The van der Waals surface area contributed by atoms with Gasteiger partial charge in [0.15, 0.2) is 17.4 Å². The first-order valence-electron chi connectivity index (χ1n) is 13.6. The molecule has 0 saturated carbocycles. The van der Waals surface area contributed by atoms with E-state index < -0.39 is 46.8 Å². The second kappa shape index (κ2) is 14.1. The second-order valence-corrected chi connectivity index (χ2v) is 11.1. The lowest BCUT2D eigenvalue weighted by Gasteiger charge is -2.20. The molecule has 1 N–H and O–H groups in total. The highest BCUT2D eigenvalue weighted by molar-refractivity contribution is 5.89. The molecule has 0 aliphatic heterocycles. The van der Waals surface area contributed by atoms with E-state index in [1.165, 1.54) is 33.9 Å². The Labute approximate surface area is 252 Å². The van der Waals surface area contributed by atoms with Crippen molar-refractivity contribution in [1.82, 2.24) is 24.3 Å². The number of ether oxygens (including phenoxy) is 2. The third kappa shape index (κ3) is 8.58. The number of hydrogen-bond acceptors (Lipinski definition) is 8. The van der Waals surface area contributed by atoms with Crippen molar-refractivity contribution in [1.29, 1.82) is 0 Å². The molecule has 12 nitrogen and oxygen atoms in total. The first kappa shape index (κ1) is 33.6. The number of aromatic nitrogens is 3. The first-order chi connectivity index (χ1) is 20.6. The number of carbonyl (C=O) groups is 4. The van der Waals surface area contributed by atoms with E-state index >= 15 is 0 Å². The maximum Gasteiger partial charge on any atom is 0.420 e. The summed E-state index contributed by atoms with van der Waals surface area (Å²) < 4.78 is 40.3. The third-order valence-electron chi connectivity index (χ3n) is 6.31. The number of carbonyl (C=O) groups excluding carboxylic acids is 4. The lowest BCUT2D eigenvalue weighted by Crippen LogP contribution is -2.42. The minimum absolute atomic E-state index is 0.0257. The van der Waals surface area contributed by atoms with Gasteiger partial charge in [0.05, 0.1) is 30.7 Å². The number of allylic oxidation sites excluding steroid dienone is 1. The van der Waals surface area contributed by atoms with Gasteiger partial charge in [0.25, 0.3) is 5.56 Å². The standard InChI is InChI=1S/C30H35F2N5O7/c1-30(2,3)44-29(42)37-23-16-20(32)19(31)15-22(23)33-25(37)17-36-13-9-10-18(27(36)40)14-24(38)21(34-28(41)43-6)11-7-8-12-26(39)35(4)5/h8-10,12-13,15-16,21H,7,11,14,17H2,1-6H3,(H,34,41)/b12-8+/t21-/m0/s1. The van der Waals surface area contributed by atoms with Gasteiger partial charge < -0.3 is 24.3 Å². The predicted molar refractivity (Wildman–Crippen MR) is 156 cm³/mol. The van der Waals surface area contributed by atoms with E-state index in [9.17, 15) is 32.8 Å². The zero-order chi connectivity index (χ0) is 32.8. The van der Waals surface area contributed by atoms with Gasteiger partial charge in [-0.05, 0) is 45.8 Å². The average Bonchev–Trinajstić information content (AvgIpc) is 3.27. The number of Topliss-reactive ketones (excluding diaryl/α,β-unsaturated/α-hetero) is 1. The number of halogens is 2. The maximum absolute atomic E-state index is 14.1. The Morgan fingerprint density at radius 3 is 2.45 bits per heavy atom. The average molecular weight is 616 g/mol. The molecule has 44 heavy (non-hydrogen) atoms. The Morgan fingerprint density at radius 2 is 1.82 bits per heavy atom. The van der Waals surface area contributed by atoms with Gasteiger partial charge in [-0.25, -0.2) is 27.9 Å². The van der Waals surface area contributed by atoms with Crippen LogP contribution in [0.3, 0.4) is 0 Å². The van der Waals surface area contributed by atoms with Crippen molar-refractivity contribution in [3.63, 3.8) is 0 Å². The van der Waals surface area contributed by atoms with Crippen molar-refractivity contribution in [2.45, 2.75) is 58.2 Å². The van der Waals surface area contributed by atoms with Crippen molar-refractivity contribution in [3.8, 4) is 0 Å². The van der Waals surface area contributed by atoms with Crippen LogP contribution in [-0.2, 0) is 32.0 Å². The van der Waals surface area contributed by atoms with Crippen LogP contribution in [0, 0.1) is 11.6 Å². The van der Waals surface area contributed by atoms with E-state index in [1.54, 1.807) is 40.9 Å². The molecular weight excluding hydrogens is 580 g/mol. The number of alkyl carbamates (subject to hydrolysis) is 1. The Bertz CT molecular complexity index is 1650. The normalized spacial score (nSPS) is 12.3. The first-order valence-corrected chi connectivity index (χ1v) is 13.6. The summed E-state index contributed by atoms with van der Waals surface area (Å²) in [5.41, 5.74) is -1.50. The summed E-state index contributed by atoms with van der Waals surface area (Å²) in [5, 5.41) is 2.46. The summed E-state index contributed by atoms with van der Waals surface area (Å²) in [6.45, 7) is 4.61. The van der Waals surface area contributed by atoms with Gasteiger partial charge in [-0.2, -0.15) is 0 Å². The smallest absolute Gasteiger partial charge is 0.420 e. The number of nitrogens with one attached hydrogen (secondary N) is 1. The molecule has 0 spiro atoms. The second-order valence-electron chi connectivity index (χ2n) is 11.1. The van der Waals surface area contributed by atoms with Gasteiger partial charge >= 0.3 is 12.2 Å². The van der Waals surface area contributed by atoms with Crippen LogP contribution in [0.15, 0.2) is 47.4 Å². The largest absolute Gasteiger partial charge is 0.453 e. The van der Waals surface area contributed by atoms with Crippen LogP contribution >= 0.6 is 0 Å². The summed E-state index contributed by atoms with van der Waals surface area (Å²) in [5.74, 6) is -3.11. The lowest BCUT2D eigenvalue weighted by molar-refractivity contribution is -0.123. The quantitative estimate of drug-likeness (QED) is 0.341. The van der Waals surface area contributed by atoms with Gasteiger partial charge in [0.2, 0.25) is 5.91 Å². The number of fused-ring (bicyclic) bond motifs is 1. The molecular formula is C30H35F2N5O7. The molecule has 0 unspecified atom stereocenters. The molecule has 1 atom stereocenters. The fourth-order valence-corrected chi connectivity index (χ4v) is 4.16. The summed E-state index contributed by atoms with van der Waals surface area (Å²) in [6, 6.07) is 3.61. The van der Waals surface area contributed by atoms with E-state index in [2.05, 4.69) is 15.0 Å². The number of likely N-dealkylation sites (N-methyl/N-ethyl adjacent to an activating group) is 1. The Balaban J connectivity index is 1.90. The molecule has 2 heterocycles. The maximum atomic E-state index is 14.1. The van der Waals surface area contributed by atoms with Gasteiger partial charge in [0, 0.05) is 44.4 Å². The molecule has 14 heteroatoms. The number of imidazole rings is 1. The summed E-state index contributed by atoms with van der Waals surface area (Å²) in [4.78, 5) is 69.0. The SMILES string of the molecule is COC(=O)N[C@@H](CC/C=C/C(=O)N(C)C)C(=O)Cc1cccn(Cc2nc3cc(F)c(F)cc3n2C(=O)OC(C)(C)C)c1=O. The third-order valence-corrected chi connectivity index (χ3v) is 6.31. The van der Waals surface area contributed by atoms with Crippen molar-refractivity contribution in [3.05, 3.63) is 76.0 Å². The van der Waals surface area contributed by atoms with Gasteiger partial charge in [-0.3, -0.25) is 14.4 Å². The highest BCUT2D eigenvalue weighted by Crippen LogP contribution is 2.22. The van der Waals surface area contributed by atoms with Crippen LogP contribution in [0.25, 0.3) is 11.0 Å². The van der Waals surface area contributed by atoms with E-state index in [1.807, 2.05) is 0 Å². The Kier molecular flexibility index (Phi) is 10.7. The Morgan fingerprint density at radius 1 is 1.14 bits per heavy atom. The number of benzene rings is 1. The van der Waals surface area contributed by atoms with Crippen LogP contribution in [0.1, 0.15) is 45.0 Å². The molecule has 3 rings (SSSR count). The Hall–Kier alpha value is -4.88. The topological polar surface area (TPSA) is 142 Å². The molecule has 3 aromatic rings. The van der Waals surface area contributed by atoms with Gasteiger partial charge in [0.1, 0.15) is 11.4 Å². The van der Waals surface area contributed by atoms with Crippen LogP contribution in [0.5, 0.6) is 0 Å². The number of rotatable bonds is 10. The molecule has 236 valence electrons. The van der Waals surface area contributed by atoms with Gasteiger partial charge in [-0.15, -0.1) is 0 Å². The number of hydrogen-bond donors (Lipinski definition) is 1. The molecule has 0 radical (unpaired) electrons. The highest BCUT2D eigenvalue weighted by atomic mass is 19.2. The highest BCUT2D eigenvalue weighted by Gasteiger charge is 2.26. The molecule has 0 aliphatic carbocycles. The molecule has 1 aromatic carbocycles. The molecule has 0 fully saturated rings. The zero-order valence-electron chi connectivity index (χ0n) is 25.3. The van der Waals surface area contributed by atoms with Gasteiger partial charge in [-0.1, -0.05) is 12.1 Å². The van der Waals surface area contributed by atoms with Crippen molar-refractivity contribution < 1.29 is 37.4 Å². The minimum atomic E-state index is -1.19. The summed E-state index contributed by atoms with van der Waals surface area (Å²) in [7, 11) is 4.34. The fourth-order valence-electron chi connectivity index (χ4n) is 4.16. The van der Waals surface area contributed by atoms with Crippen LogP contribution in [0.4, 0.5) is 18.4 Å². The van der Waals surface area contributed by atoms with Crippen LogP contribution in [0.2, 0.25) is 0 Å². The number of amides is 2. The molecule has 2 amide bonds. The fraction of sp³-hybridized carbons (Fsp3) is 0.400. The molecule has 2 aromatic heterocycles. The van der Waals surface area contributed by atoms with Crippen molar-refractivity contribution in [2.75, 3.05) is 21.2 Å². The summed E-state index contributed by atoms with van der Waals surface area (Å²) >= 11 is 0. The molecule has 0 aliphatic rings. The molecule has 0 saturated heterocycles. The van der Waals surface area contributed by atoms with E-state index in [-0.39, 0.29) is 54.1 Å². The predicted octanol–water partition coefficient (Wildman–Crippen LogP) is 3.57. The zero-order valence-corrected chi connectivity index (χ0v) is 25.3. The number of pyridine rings is 1. The summed E-state index contributed by atoms with van der Waals surface area (Å²) in [6.07, 6.45) is 2.66. The number of ketones is 1. The molecule has 0 bridgehead atoms. The van der Waals surface area contributed by atoms with E-state index in [0.29, 0.717) is 0 Å².